The molecule has 0 fully saturated rings. The Labute approximate surface area is 357 Å². The van der Waals surface area contributed by atoms with Gasteiger partial charge in [0, 0.05) is 57.3 Å². The minimum atomic E-state index is 0.254. The highest BCUT2D eigenvalue weighted by molar-refractivity contribution is 6.34. The second-order valence-electron chi connectivity index (χ2n) is 12.5. The van der Waals surface area contributed by atoms with Crippen LogP contribution in [-0.4, -0.2) is 34.2 Å². The van der Waals surface area contributed by atoms with Crippen molar-refractivity contribution >= 4 is 52.5 Å². The van der Waals surface area contributed by atoms with Crippen LogP contribution in [0.4, 0.5) is 0 Å². The van der Waals surface area contributed by atoms with Gasteiger partial charge >= 0.3 is 0 Å². The number of rotatable bonds is 13. The van der Waals surface area contributed by atoms with Crippen LogP contribution >= 0.6 is 46.4 Å². The van der Waals surface area contributed by atoms with Crippen molar-refractivity contribution < 1.29 is 18.9 Å². The first-order chi connectivity index (χ1) is 28.0. The number of ether oxygens (including phenoxy) is 4. The van der Waals surface area contributed by atoms with E-state index in [1.165, 1.54) is 19.8 Å². The Morgan fingerprint density at radius 1 is 0.638 bits per heavy atom. The van der Waals surface area contributed by atoms with E-state index in [9.17, 15) is 10.5 Å². The Morgan fingerprint density at radius 2 is 1.12 bits per heavy atom. The average Bonchev–Trinajstić information content (AvgIpc) is 3.22. The SMILES string of the molecule is COc1nc(C)c(C/C=C/c2ccncc2)c(Oc2cc(Cl)cc(C#N)c2)c1Cl.COc1nc(C)c(CCCc2ccncc2)c(Oc2cc(Cl)cc(C#N)c2)c1Cl. The summed E-state index contributed by atoms with van der Waals surface area (Å²) in [7, 11) is 3.00. The number of hydrogen-bond donors (Lipinski definition) is 0. The fourth-order valence-electron chi connectivity index (χ4n) is 5.76. The van der Waals surface area contributed by atoms with Crippen LogP contribution in [0.1, 0.15) is 51.2 Å². The summed E-state index contributed by atoms with van der Waals surface area (Å²) in [5.74, 6) is 2.28. The highest BCUT2D eigenvalue weighted by Crippen LogP contribution is 2.42. The van der Waals surface area contributed by atoms with Gasteiger partial charge in [-0.1, -0.05) is 58.6 Å². The van der Waals surface area contributed by atoms with Crippen LogP contribution in [0.25, 0.3) is 6.08 Å². The van der Waals surface area contributed by atoms with Crippen molar-refractivity contribution in [2.45, 2.75) is 39.5 Å². The van der Waals surface area contributed by atoms with Gasteiger partial charge in [0.1, 0.15) is 21.5 Å². The van der Waals surface area contributed by atoms with Gasteiger partial charge in [-0.15, -0.1) is 0 Å². The summed E-state index contributed by atoms with van der Waals surface area (Å²) in [6, 6.07) is 21.6. The first-order valence-corrected chi connectivity index (χ1v) is 19.2. The smallest absolute Gasteiger partial charge is 0.236 e. The summed E-state index contributed by atoms with van der Waals surface area (Å²) in [6.07, 6.45) is 14.0. The molecule has 0 aliphatic rings. The van der Waals surface area contributed by atoms with E-state index in [-0.39, 0.29) is 15.9 Å². The highest BCUT2D eigenvalue weighted by Gasteiger charge is 2.21. The largest absolute Gasteiger partial charge is 0.480 e. The van der Waals surface area contributed by atoms with Gasteiger partial charge in [-0.2, -0.15) is 10.5 Å². The summed E-state index contributed by atoms with van der Waals surface area (Å²) in [4.78, 5) is 16.9. The van der Waals surface area contributed by atoms with Gasteiger partial charge in [-0.3, -0.25) is 9.97 Å². The highest BCUT2D eigenvalue weighted by atomic mass is 35.5. The van der Waals surface area contributed by atoms with Gasteiger partial charge in [0.05, 0.1) is 37.5 Å². The van der Waals surface area contributed by atoms with Crippen LogP contribution in [0, 0.1) is 36.5 Å². The predicted molar refractivity (Wildman–Crippen MR) is 227 cm³/mol. The molecule has 0 bridgehead atoms. The second kappa shape index (κ2) is 21.0. The Kier molecular flexibility index (Phi) is 15.7. The summed E-state index contributed by atoms with van der Waals surface area (Å²) in [5, 5.41) is 19.7. The number of hydrogen-bond acceptors (Lipinski definition) is 10. The first-order valence-electron chi connectivity index (χ1n) is 17.7. The Morgan fingerprint density at radius 3 is 1.62 bits per heavy atom. The molecule has 0 saturated heterocycles. The summed E-state index contributed by atoms with van der Waals surface area (Å²) < 4.78 is 22.7. The van der Waals surface area contributed by atoms with Crippen molar-refractivity contribution in [1.82, 2.24) is 19.9 Å². The third kappa shape index (κ3) is 11.6. The molecule has 0 aliphatic carbocycles. The van der Waals surface area contributed by atoms with Gasteiger partial charge in [-0.05, 0) is 111 Å². The fourth-order valence-corrected chi connectivity index (χ4v) is 6.75. The van der Waals surface area contributed by atoms with E-state index in [4.69, 9.17) is 65.4 Å². The molecule has 0 unspecified atom stereocenters. The number of benzene rings is 2. The molecule has 6 rings (SSSR count). The zero-order chi connectivity index (χ0) is 41.6. The number of nitrogens with zero attached hydrogens (tertiary/aromatic N) is 6. The van der Waals surface area contributed by atoms with Gasteiger partial charge in [-0.25, -0.2) is 9.97 Å². The van der Waals surface area contributed by atoms with Crippen molar-refractivity contribution in [2.75, 3.05) is 14.2 Å². The maximum atomic E-state index is 9.19. The van der Waals surface area contributed by atoms with Crippen LogP contribution < -0.4 is 18.9 Å². The maximum absolute atomic E-state index is 9.19. The molecular formula is C44H36Cl4N6O4. The minimum Gasteiger partial charge on any atom is -0.480 e. The van der Waals surface area contributed by atoms with Crippen molar-refractivity contribution in [1.29, 1.82) is 10.5 Å². The lowest BCUT2D eigenvalue weighted by molar-refractivity contribution is 0.390. The third-order valence-corrected chi connectivity index (χ3v) is 9.64. The minimum absolute atomic E-state index is 0.254. The molecule has 0 N–H and O–H groups in total. The number of nitriles is 2. The number of methoxy groups -OCH3 is 2. The summed E-state index contributed by atoms with van der Waals surface area (Å²) in [6.45, 7) is 3.76. The van der Waals surface area contributed by atoms with E-state index in [0.717, 1.165) is 40.9 Å². The van der Waals surface area contributed by atoms with Crippen molar-refractivity contribution in [3.05, 3.63) is 156 Å². The number of pyridine rings is 4. The van der Waals surface area contributed by atoms with Crippen LogP contribution in [0.3, 0.4) is 0 Å². The summed E-state index contributed by atoms with van der Waals surface area (Å²) >= 11 is 25.2. The molecule has 4 heterocycles. The molecule has 58 heavy (non-hydrogen) atoms. The number of aryl methyl sites for hydroxylation is 3. The standard InChI is InChI=1S/C22H19Cl2N3O2.C22H17Cl2N3O2/c2*1-14-19(5-3-4-15-6-8-26-9-7-15)21(20(24)22(27-14)28-2)29-18-11-16(13-25)10-17(23)12-18/h6-12H,3-5H2,1-2H3;3-4,6-12H,5H2,1-2H3/b;4-3+. The van der Waals surface area contributed by atoms with Crippen molar-refractivity contribution in [3.8, 4) is 46.9 Å². The molecule has 6 aromatic rings. The molecular weight excluding hydrogens is 818 g/mol. The van der Waals surface area contributed by atoms with Crippen LogP contribution in [-0.2, 0) is 19.3 Å². The average molecular weight is 855 g/mol. The lowest BCUT2D eigenvalue weighted by atomic mass is 10.0. The molecule has 0 radical (unpaired) electrons. The molecule has 14 heteroatoms. The molecule has 294 valence electrons. The van der Waals surface area contributed by atoms with Gasteiger partial charge in [0.2, 0.25) is 11.8 Å². The lowest BCUT2D eigenvalue weighted by Crippen LogP contribution is -2.03. The van der Waals surface area contributed by atoms with Gasteiger partial charge in [0.25, 0.3) is 0 Å². The number of aromatic nitrogens is 4. The summed E-state index contributed by atoms with van der Waals surface area (Å²) in [5.41, 5.74) is 6.23. The van der Waals surface area contributed by atoms with Crippen LogP contribution in [0.2, 0.25) is 20.1 Å². The zero-order valence-corrected chi connectivity index (χ0v) is 34.9. The topological polar surface area (TPSA) is 136 Å². The predicted octanol–water partition coefficient (Wildman–Crippen LogP) is 12.0. The maximum Gasteiger partial charge on any atom is 0.236 e. The third-order valence-electron chi connectivity index (χ3n) is 8.54. The van der Waals surface area contributed by atoms with Crippen molar-refractivity contribution in [3.63, 3.8) is 0 Å². The monoisotopic (exact) mass is 852 g/mol. The number of allylic oxidation sites excluding steroid dienone is 1. The Bertz CT molecular complexity index is 2490. The molecule has 10 nitrogen and oxygen atoms in total. The van der Waals surface area contributed by atoms with E-state index in [2.05, 4.69) is 32.1 Å². The molecule has 0 saturated carbocycles. The van der Waals surface area contributed by atoms with Crippen molar-refractivity contribution in [2.24, 2.45) is 0 Å². The fraction of sp³-hybridized carbons (Fsp3) is 0.182. The van der Waals surface area contributed by atoms with E-state index in [1.54, 1.807) is 61.2 Å². The Hall–Kier alpha value is -5.88. The molecule has 0 amide bonds. The van der Waals surface area contributed by atoms with E-state index < -0.39 is 0 Å². The van der Waals surface area contributed by atoms with Crippen LogP contribution in [0.15, 0.2) is 91.5 Å². The van der Waals surface area contributed by atoms with E-state index in [1.807, 2.05) is 50.3 Å². The molecule has 0 atom stereocenters. The van der Waals surface area contributed by atoms with Crippen LogP contribution in [0.5, 0.6) is 34.8 Å². The Balaban J connectivity index is 0.000000221. The normalized spacial score (nSPS) is 10.6. The number of halogens is 4. The second-order valence-corrected chi connectivity index (χ2v) is 14.2. The lowest BCUT2D eigenvalue weighted by Gasteiger charge is -2.17. The molecule has 2 aromatic carbocycles. The first kappa shape index (κ1) is 43.2. The van der Waals surface area contributed by atoms with Gasteiger partial charge < -0.3 is 18.9 Å². The van der Waals surface area contributed by atoms with E-state index in [0.29, 0.717) is 62.9 Å². The molecule has 0 spiro atoms. The van der Waals surface area contributed by atoms with Gasteiger partial charge in [0.15, 0.2) is 11.5 Å². The quantitative estimate of drug-likeness (QED) is 0.110. The molecule has 4 aromatic heterocycles. The zero-order valence-electron chi connectivity index (χ0n) is 31.9. The van der Waals surface area contributed by atoms with E-state index >= 15 is 0 Å². The molecule has 0 aliphatic heterocycles.